The van der Waals surface area contributed by atoms with Crippen LogP contribution in [0.2, 0.25) is 0 Å². The molecule has 2 N–H and O–H groups in total. The lowest BCUT2D eigenvalue weighted by molar-refractivity contribution is -0.116. The van der Waals surface area contributed by atoms with Gasteiger partial charge in [0.15, 0.2) is 5.75 Å². The first-order valence-electron chi connectivity index (χ1n) is 7.98. The Morgan fingerprint density at radius 2 is 1.84 bits per heavy atom. The molecule has 9 heteroatoms. The maximum absolute atomic E-state index is 12.5. The first-order chi connectivity index (χ1) is 11.9. The molecule has 1 aromatic rings. The monoisotopic (exact) mass is 364 g/mol. The normalized spacial score (nSPS) is 15.4. The van der Waals surface area contributed by atoms with Gasteiger partial charge in [0.25, 0.3) is 0 Å². The maximum atomic E-state index is 12.5. The van der Waals surface area contributed by atoms with E-state index in [-0.39, 0.29) is 23.8 Å². The molecule has 0 aliphatic carbocycles. The van der Waals surface area contributed by atoms with Gasteiger partial charge < -0.3 is 20.1 Å². The van der Waals surface area contributed by atoms with Crippen molar-refractivity contribution in [2.75, 3.05) is 18.4 Å². The second-order valence-electron chi connectivity index (χ2n) is 5.70. The Morgan fingerprint density at radius 1 is 1.16 bits per heavy atom. The van der Waals surface area contributed by atoms with Gasteiger partial charge in [-0.15, -0.1) is 0 Å². The number of nitrogens with one attached hydrogen (secondary N) is 2. The average Bonchev–Trinajstić information content (AvgIpc) is 2.55. The molecule has 2 rings (SSSR count). The van der Waals surface area contributed by atoms with Crippen molar-refractivity contribution in [3.63, 3.8) is 0 Å². The average molecular weight is 364 g/mol. The van der Waals surface area contributed by atoms with Crippen molar-refractivity contribution >= 4 is 11.6 Å². The number of rotatable bonds is 8. The molecule has 1 amide bonds. The lowest BCUT2D eigenvalue weighted by atomic mass is 9.93. The van der Waals surface area contributed by atoms with Crippen LogP contribution in [-0.4, -0.2) is 32.2 Å². The Kier molecular flexibility index (Phi) is 7.30. The van der Waals surface area contributed by atoms with E-state index >= 15 is 0 Å². The van der Waals surface area contributed by atoms with E-state index in [0.29, 0.717) is 12.3 Å². The summed E-state index contributed by atoms with van der Waals surface area (Å²) in [6, 6.07) is 3.23. The van der Waals surface area contributed by atoms with Gasteiger partial charge in [0.2, 0.25) is 5.91 Å². The summed E-state index contributed by atoms with van der Waals surface area (Å²) < 4.78 is 57.8. The summed E-state index contributed by atoms with van der Waals surface area (Å²) >= 11 is 0. The second-order valence-corrected chi connectivity index (χ2v) is 5.70. The van der Waals surface area contributed by atoms with E-state index in [0.717, 1.165) is 38.1 Å². The number of hydrogen-bond donors (Lipinski definition) is 2. The van der Waals surface area contributed by atoms with Crippen molar-refractivity contribution in [1.82, 2.24) is 5.32 Å². The fraction of sp³-hybridized carbons (Fsp3) is 0.562. The van der Waals surface area contributed by atoms with Gasteiger partial charge in [0.1, 0.15) is 5.75 Å². The smallest absolute Gasteiger partial charge is 0.387 e. The molecular formula is C16H20F4N2O3. The highest BCUT2D eigenvalue weighted by molar-refractivity contribution is 5.92. The summed E-state index contributed by atoms with van der Waals surface area (Å²) in [5, 5.41) is 5.71. The standard InChI is InChI=1S/C16H20F4N2O3/c17-15(18)24-11-2-3-12(13(9-11)25-16(19)20)22-14(23)4-1-10-5-7-21-8-6-10/h2-3,9-10,15-16,21H,1,4-8H2,(H,22,23). The summed E-state index contributed by atoms with van der Waals surface area (Å²) in [7, 11) is 0. The summed E-state index contributed by atoms with van der Waals surface area (Å²) in [5.41, 5.74) is -0.0165. The molecule has 1 heterocycles. The highest BCUT2D eigenvalue weighted by atomic mass is 19.3. The lowest BCUT2D eigenvalue weighted by Gasteiger charge is -2.22. The molecule has 0 unspecified atom stereocenters. The molecule has 1 aromatic carbocycles. The topological polar surface area (TPSA) is 59.6 Å². The van der Waals surface area contributed by atoms with Gasteiger partial charge in [-0.05, 0) is 50.4 Å². The number of ether oxygens (including phenoxy) is 2. The van der Waals surface area contributed by atoms with E-state index in [1.807, 2.05) is 0 Å². The summed E-state index contributed by atoms with van der Waals surface area (Å²) in [6.07, 6.45) is 2.93. The molecule has 1 aliphatic heterocycles. The van der Waals surface area contributed by atoms with Crippen molar-refractivity contribution in [1.29, 1.82) is 0 Å². The lowest BCUT2D eigenvalue weighted by Crippen LogP contribution is -2.28. The Labute approximate surface area is 142 Å². The molecule has 5 nitrogen and oxygen atoms in total. The van der Waals surface area contributed by atoms with Crippen LogP contribution in [0.25, 0.3) is 0 Å². The Hall–Kier alpha value is -2.03. The zero-order valence-corrected chi connectivity index (χ0v) is 13.4. The van der Waals surface area contributed by atoms with Crippen molar-refractivity contribution < 1.29 is 31.8 Å². The predicted molar refractivity (Wildman–Crippen MR) is 83.2 cm³/mol. The van der Waals surface area contributed by atoms with Gasteiger partial charge in [0.05, 0.1) is 5.69 Å². The van der Waals surface area contributed by atoms with Crippen molar-refractivity contribution in [2.24, 2.45) is 5.92 Å². The summed E-state index contributed by atoms with van der Waals surface area (Å²) in [5.74, 6) is -0.660. The third kappa shape index (κ3) is 6.77. The van der Waals surface area contributed by atoms with Crippen molar-refractivity contribution in [3.8, 4) is 11.5 Å². The molecule has 0 radical (unpaired) electrons. The molecule has 0 aromatic heterocycles. The van der Waals surface area contributed by atoms with E-state index in [9.17, 15) is 22.4 Å². The van der Waals surface area contributed by atoms with Gasteiger partial charge in [-0.1, -0.05) is 0 Å². The second kappa shape index (κ2) is 9.45. The molecule has 140 valence electrons. The van der Waals surface area contributed by atoms with Crippen LogP contribution >= 0.6 is 0 Å². The number of piperidine rings is 1. The van der Waals surface area contributed by atoms with Gasteiger partial charge >= 0.3 is 13.2 Å². The zero-order chi connectivity index (χ0) is 18.2. The van der Waals surface area contributed by atoms with Crippen LogP contribution in [0.3, 0.4) is 0 Å². The molecule has 0 spiro atoms. The molecule has 0 bridgehead atoms. The molecule has 25 heavy (non-hydrogen) atoms. The Morgan fingerprint density at radius 3 is 2.48 bits per heavy atom. The van der Waals surface area contributed by atoms with Crippen LogP contribution in [0.1, 0.15) is 25.7 Å². The minimum absolute atomic E-state index is 0.0165. The molecule has 1 aliphatic rings. The van der Waals surface area contributed by atoms with Gasteiger partial charge in [-0.3, -0.25) is 4.79 Å². The fourth-order valence-electron chi connectivity index (χ4n) is 2.69. The first kappa shape index (κ1) is 19.3. The van der Waals surface area contributed by atoms with E-state index in [2.05, 4.69) is 20.1 Å². The van der Waals surface area contributed by atoms with Crippen molar-refractivity contribution in [2.45, 2.75) is 38.9 Å². The number of hydrogen-bond acceptors (Lipinski definition) is 4. The van der Waals surface area contributed by atoms with Crippen LogP contribution in [0.4, 0.5) is 23.2 Å². The van der Waals surface area contributed by atoms with E-state index < -0.39 is 19.0 Å². The number of alkyl halides is 4. The number of carbonyl (C=O) groups is 1. The maximum Gasteiger partial charge on any atom is 0.387 e. The number of benzene rings is 1. The summed E-state index contributed by atoms with van der Waals surface area (Å²) in [6.45, 7) is -4.41. The van der Waals surface area contributed by atoms with E-state index in [1.165, 1.54) is 6.07 Å². The molecule has 1 fully saturated rings. The Bertz CT molecular complexity index is 566. The van der Waals surface area contributed by atoms with Crippen LogP contribution in [0.15, 0.2) is 18.2 Å². The molecular weight excluding hydrogens is 344 g/mol. The highest BCUT2D eigenvalue weighted by Gasteiger charge is 2.17. The predicted octanol–water partition coefficient (Wildman–Crippen LogP) is 3.61. The van der Waals surface area contributed by atoms with Crippen LogP contribution in [0.5, 0.6) is 11.5 Å². The SMILES string of the molecule is O=C(CCC1CCNCC1)Nc1ccc(OC(F)F)cc1OC(F)F. The number of carbonyl (C=O) groups excluding carboxylic acids is 1. The quantitative estimate of drug-likeness (QED) is 0.692. The van der Waals surface area contributed by atoms with E-state index in [4.69, 9.17) is 0 Å². The molecule has 0 saturated carbocycles. The Balaban J connectivity index is 1.97. The largest absolute Gasteiger partial charge is 0.435 e. The van der Waals surface area contributed by atoms with Crippen LogP contribution in [0, 0.1) is 5.92 Å². The third-order valence-corrected chi connectivity index (χ3v) is 3.91. The first-order valence-corrected chi connectivity index (χ1v) is 7.98. The van der Waals surface area contributed by atoms with Crippen LogP contribution in [-0.2, 0) is 4.79 Å². The molecule has 0 atom stereocenters. The molecule has 1 saturated heterocycles. The number of anilines is 1. The van der Waals surface area contributed by atoms with E-state index in [1.54, 1.807) is 0 Å². The van der Waals surface area contributed by atoms with Gasteiger partial charge in [0, 0.05) is 12.5 Å². The van der Waals surface area contributed by atoms with Gasteiger partial charge in [-0.2, -0.15) is 17.6 Å². The minimum Gasteiger partial charge on any atom is -0.435 e. The highest BCUT2D eigenvalue weighted by Crippen LogP contribution is 2.32. The summed E-state index contributed by atoms with van der Waals surface area (Å²) in [4.78, 5) is 12.0. The third-order valence-electron chi connectivity index (χ3n) is 3.91. The zero-order valence-electron chi connectivity index (χ0n) is 13.4. The fourth-order valence-corrected chi connectivity index (χ4v) is 2.69. The number of halogens is 4. The van der Waals surface area contributed by atoms with Gasteiger partial charge in [-0.25, -0.2) is 0 Å². The van der Waals surface area contributed by atoms with Crippen molar-refractivity contribution in [3.05, 3.63) is 18.2 Å². The minimum atomic E-state index is -3.16. The number of amides is 1. The van der Waals surface area contributed by atoms with Crippen LogP contribution < -0.4 is 20.1 Å².